The van der Waals surface area contributed by atoms with Gasteiger partial charge in [-0.2, -0.15) is 0 Å². The quantitative estimate of drug-likeness (QED) is 0.403. The van der Waals surface area contributed by atoms with Gasteiger partial charge in [-0.25, -0.2) is 4.57 Å². The lowest BCUT2D eigenvalue weighted by atomic mass is 9.83. The first-order valence-corrected chi connectivity index (χ1v) is 9.64. The van der Waals surface area contributed by atoms with Gasteiger partial charge in [0.2, 0.25) is 0 Å². The summed E-state index contributed by atoms with van der Waals surface area (Å²) in [7, 11) is 2.03. The van der Waals surface area contributed by atoms with Crippen LogP contribution in [0, 0.1) is 0 Å². The number of hydrogen-bond acceptors (Lipinski definition) is 3. The van der Waals surface area contributed by atoms with E-state index in [1.54, 1.807) is 0 Å². The smallest absolute Gasteiger partial charge is 0.293 e. The highest BCUT2D eigenvalue weighted by atomic mass is 16.5. The van der Waals surface area contributed by atoms with Crippen LogP contribution in [0.25, 0.3) is 6.08 Å². The Morgan fingerprint density at radius 2 is 1.81 bits per heavy atom. The molecule has 0 N–H and O–H groups in total. The van der Waals surface area contributed by atoms with Gasteiger partial charge in [0, 0.05) is 35.5 Å². The topological polar surface area (TPSA) is 33.4 Å². The second-order valence-electron chi connectivity index (χ2n) is 7.65. The molecule has 0 atom stereocenters. The SMILES string of the molecule is C[n+]1ccc(/C=C2/N(CCCCCOC=O)c3ccccc3C2(C)C)cc1. The zero-order valence-electron chi connectivity index (χ0n) is 16.5. The van der Waals surface area contributed by atoms with E-state index in [9.17, 15) is 4.79 Å². The predicted molar refractivity (Wildman–Crippen MR) is 108 cm³/mol. The molecule has 3 rings (SSSR count). The summed E-state index contributed by atoms with van der Waals surface area (Å²) < 4.78 is 6.85. The number of fused-ring (bicyclic) bond motifs is 1. The molecule has 2 aromatic rings. The molecule has 4 nitrogen and oxygen atoms in total. The fourth-order valence-electron chi connectivity index (χ4n) is 3.79. The highest BCUT2D eigenvalue weighted by molar-refractivity contribution is 5.75. The van der Waals surface area contributed by atoms with Gasteiger partial charge in [-0.05, 0) is 42.5 Å². The van der Waals surface area contributed by atoms with Gasteiger partial charge in [-0.1, -0.05) is 32.0 Å². The van der Waals surface area contributed by atoms with Crippen molar-refractivity contribution in [1.82, 2.24) is 0 Å². The maximum atomic E-state index is 10.3. The van der Waals surface area contributed by atoms with Crippen LogP contribution in [0.1, 0.15) is 44.2 Å². The Morgan fingerprint density at radius 1 is 1.07 bits per heavy atom. The number of ether oxygens (including phenoxy) is 1. The van der Waals surface area contributed by atoms with Crippen LogP contribution in [-0.4, -0.2) is 19.6 Å². The van der Waals surface area contributed by atoms with Gasteiger partial charge in [-0.3, -0.25) is 4.79 Å². The van der Waals surface area contributed by atoms with Crippen molar-refractivity contribution in [2.45, 2.75) is 38.5 Å². The summed E-state index contributed by atoms with van der Waals surface area (Å²) in [6.07, 6.45) is 9.49. The fraction of sp³-hybridized carbons (Fsp3) is 0.391. The summed E-state index contributed by atoms with van der Waals surface area (Å²) in [6.45, 7) is 6.61. The van der Waals surface area contributed by atoms with Gasteiger partial charge in [-0.15, -0.1) is 0 Å². The van der Waals surface area contributed by atoms with Gasteiger partial charge in [0.05, 0.1) is 6.61 Å². The van der Waals surface area contributed by atoms with E-state index in [4.69, 9.17) is 4.74 Å². The van der Waals surface area contributed by atoms with Gasteiger partial charge >= 0.3 is 0 Å². The summed E-state index contributed by atoms with van der Waals surface area (Å²) in [6, 6.07) is 13.0. The average Bonchev–Trinajstić information content (AvgIpc) is 2.88. The molecular weight excluding hydrogens is 336 g/mol. The predicted octanol–water partition coefficient (Wildman–Crippen LogP) is 3.99. The van der Waals surface area contributed by atoms with Crippen molar-refractivity contribution in [2.24, 2.45) is 7.05 Å². The molecule has 1 aliphatic rings. The van der Waals surface area contributed by atoms with E-state index in [1.165, 1.54) is 22.5 Å². The summed E-state index contributed by atoms with van der Waals surface area (Å²) >= 11 is 0. The molecule has 0 aliphatic carbocycles. The van der Waals surface area contributed by atoms with Gasteiger partial charge in [0.25, 0.3) is 6.47 Å². The third-order valence-corrected chi connectivity index (χ3v) is 5.32. The van der Waals surface area contributed by atoms with Crippen LogP contribution in [0.2, 0.25) is 0 Å². The number of nitrogens with zero attached hydrogens (tertiary/aromatic N) is 2. The Morgan fingerprint density at radius 3 is 2.56 bits per heavy atom. The average molecular weight is 365 g/mol. The highest BCUT2D eigenvalue weighted by Crippen LogP contribution is 2.48. The van der Waals surface area contributed by atoms with Crippen LogP contribution >= 0.6 is 0 Å². The van der Waals surface area contributed by atoms with E-state index < -0.39 is 0 Å². The molecule has 0 bridgehead atoms. The van der Waals surface area contributed by atoms with Crippen molar-refractivity contribution in [1.29, 1.82) is 0 Å². The molecule has 27 heavy (non-hydrogen) atoms. The van der Waals surface area contributed by atoms with E-state index >= 15 is 0 Å². The van der Waals surface area contributed by atoms with Crippen LogP contribution in [0.3, 0.4) is 0 Å². The maximum Gasteiger partial charge on any atom is 0.293 e. The molecule has 1 aliphatic heterocycles. The van der Waals surface area contributed by atoms with Gasteiger partial charge < -0.3 is 9.64 Å². The summed E-state index contributed by atoms with van der Waals surface area (Å²) in [5, 5.41) is 0. The van der Waals surface area contributed by atoms with Crippen molar-refractivity contribution < 1.29 is 14.1 Å². The normalized spacial score (nSPS) is 16.4. The number of rotatable bonds is 8. The van der Waals surface area contributed by atoms with Crippen molar-refractivity contribution in [3.63, 3.8) is 0 Å². The molecule has 0 unspecified atom stereocenters. The number of aromatic nitrogens is 1. The molecule has 142 valence electrons. The zero-order chi connectivity index (χ0) is 19.3. The van der Waals surface area contributed by atoms with Crippen molar-refractivity contribution >= 4 is 18.2 Å². The Balaban J connectivity index is 1.84. The number of para-hydroxylation sites is 1. The van der Waals surface area contributed by atoms with Crippen molar-refractivity contribution in [2.75, 3.05) is 18.1 Å². The lowest BCUT2D eigenvalue weighted by molar-refractivity contribution is -0.671. The highest BCUT2D eigenvalue weighted by Gasteiger charge is 2.39. The minimum Gasteiger partial charge on any atom is -0.468 e. The molecule has 0 amide bonds. The second-order valence-corrected chi connectivity index (χ2v) is 7.65. The Kier molecular flexibility index (Phi) is 5.94. The van der Waals surface area contributed by atoms with E-state index in [1.807, 2.05) is 7.05 Å². The van der Waals surface area contributed by atoms with Crippen molar-refractivity contribution in [3.05, 3.63) is 65.6 Å². The number of benzene rings is 1. The monoisotopic (exact) mass is 365 g/mol. The number of pyridine rings is 1. The molecule has 0 saturated carbocycles. The van der Waals surface area contributed by atoms with E-state index in [0.717, 1.165) is 25.8 Å². The van der Waals surface area contributed by atoms with Crippen LogP contribution in [-0.2, 0) is 22.0 Å². The Hall–Kier alpha value is -2.62. The Bertz CT molecular complexity index is 809. The van der Waals surface area contributed by atoms with Crippen LogP contribution in [0.5, 0.6) is 0 Å². The molecule has 4 heteroatoms. The van der Waals surface area contributed by atoms with Crippen LogP contribution in [0.15, 0.2) is 54.5 Å². The molecule has 0 radical (unpaired) electrons. The molecule has 1 aromatic heterocycles. The number of carbonyl (C=O) groups is 1. The second kappa shape index (κ2) is 8.38. The van der Waals surface area contributed by atoms with E-state index in [0.29, 0.717) is 13.1 Å². The summed E-state index contributed by atoms with van der Waals surface area (Å²) in [5.74, 6) is 0. The standard InChI is InChI=1S/C23H29N2O2/c1-23(2)20-9-5-6-10-21(20)25(13-7-4-8-16-27-18-26)22(23)17-19-11-14-24(3)15-12-19/h5-6,9-12,14-15,17-18H,4,7-8,13,16H2,1-3H3/q+1. The van der Waals surface area contributed by atoms with Gasteiger partial charge in [0.1, 0.15) is 7.05 Å². The van der Waals surface area contributed by atoms with E-state index in [2.05, 4.69) is 78.2 Å². The molecule has 0 spiro atoms. The Labute approximate surface area is 162 Å². The number of anilines is 1. The van der Waals surface area contributed by atoms with Gasteiger partial charge in [0.15, 0.2) is 12.4 Å². The summed E-state index contributed by atoms with van der Waals surface area (Å²) in [4.78, 5) is 12.7. The number of aryl methyl sites for hydroxylation is 1. The molecule has 1 aromatic carbocycles. The molecule has 2 heterocycles. The van der Waals surface area contributed by atoms with E-state index in [-0.39, 0.29) is 5.41 Å². The lowest BCUT2D eigenvalue weighted by Crippen LogP contribution is -2.27. The fourth-order valence-corrected chi connectivity index (χ4v) is 3.79. The molecule has 0 saturated heterocycles. The number of unbranched alkanes of at least 4 members (excludes halogenated alkanes) is 2. The number of carbonyl (C=O) groups excluding carboxylic acids is 1. The zero-order valence-corrected chi connectivity index (χ0v) is 16.5. The third kappa shape index (κ3) is 4.21. The van der Waals surface area contributed by atoms with Crippen molar-refractivity contribution in [3.8, 4) is 0 Å². The largest absolute Gasteiger partial charge is 0.468 e. The first-order chi connectivity index (χ1) is 13.0. The number of allylic oxidation sites excluding steroid dienone is 1. The number of hydrogen-bond donors (Lipinski definition) is 0. The minimum atomic E-state index is -0.0325. The molecule has 0 fully saturated rings. The first-order valence-electron chi connectivity index (χ1n) is 9.64. The maximum absolute atomic E-state index is 10.3. The van der Waals surface area contributed by atoms with Crippen LogP contribution in [0.4, 0.5) is 5.69 Å². The minimum absolute atomic E-state index is 0.0325. The first kappa shape index (κ1) is 19.2. The van der Waals surface area contributed by atoms with Crippen LogP contribution < -0.4 is 9.47 Å². The lowest BCUT2D eigenvalue weighted by Gasteiger charge is -2.27. The third-order valence-electron chi connectivity index (χ3n) is 5.32. The summed E-state index contributed by atoms with van der Waals surface area (Å²) in [5.41, 5.74) is 5.20. The molecular formula is C23H29N2O2+.